The van der Waals surface area contributed by atoms with E-state index < -0.39 is 12.2 Å². The molecule has 0 saturated carbocycles. The van der Waals surface area contributed by atoms with Crippen molar-refractivity contribution in [2.24, 2.45) is 5.11 Å². The predicted octanol–water partition coefficient (Wildman–Crippen LogP) is 1.65. The minimum Gasteiger partial charge on any atom is -0.390 e. The van der Waals surface area contributed by atoms with Crippen molar-refractivity contribution in [3.05, 3.63) is 45.8 Å². The number of nitrogens with zero attached hydrogens (tertiary/aromatic N) is 4. The van der Waals surface area contributed by atoms with E-state index in [0.717, 1.165) is 0 Å². The summed E-state index contributed by atoms with van der Waals surface area (Å²) in [6.45, 7) is 0.118. The first-order valence-electron chi connectivity index (χ1n) is 5.06. The largest absolute Gasteiger partial charge is 0.390 e. The van der Waals surface area contributed by atoms with E-state index >= 15 is 0 Å². The fourth-order valence-electron chi connectivity index (χ4n) is 1.41. The first-order chi connectivity index (χ1) is 8.19. The first kappa shape index (κ1) is 13.0. The van der Waals surface area contributed by atoms with E-state index in [1.54, 1.807) is 18.2 Å². The van der Waals surface area contributed by atoms with Crippen LogP contribution in [0.1, 0.15) is 23.7 Å². The molecular weight excluding hydrogens is 220 g/mol. The van der Waals surface area contributed by atoms with Gasteiger partial charge in [0.2, 0.25) is 0 Å². The SMILES string of the molecule is N#Cc1cccc(C(O)C(O)CCN=[N+]=[N-])c1. The Balaban J connectivity index is 2.70. The molecule has 0 bridgehead atoms. The molecule has 6 nitrogen and oxygen atoms in total. The maximum absolute atomic E-state index is 9.81. The predicted molar refractivity (Wildman–Crippen MR) is 60.8 cm³/mol. The fourth-order valence-corrected chi connectivity index (χ4v) is 1.41. The Hall–Kier alpha value is -2.06. The van der Waals surface area contributed by atoms with Crippen LogP contribution >= 0.6 is 0 Å². The lowest BCUT2D eigenvalue weighted by molar-refractivity contribution is 0.0150. The lowest BCUT2D eigenvalue weighted by atomic mass is 10.0. The highest BCUT2D eigenvalue weighted by Gasteiger charge is 2.17. The highest BCUT2D eigenvalue weighted by Crippen LogP contribution is 2.19. The molecule has 0 heterocycles. The number of azide groups is 1. The summed E-state index contributed by atoms with van der Waals surface area (Å²) in [5.74, 6) is 0. The van der Waals surface area contributed by atoms with Crippen LogP contribution in [0, 0.1) is 11.3 Å². The number of hydrogen-bond acceptors (Lipinski definition) is 4. The minimum atomic E-state index is -1.09. The zero-order chi connectivity index (χ0) is 12.7. The maximum Gasteiger partial charge on any atom is 0.105 e. The quantitative estimate of drug-likeness (QED) is 0.457. The van der Waals surface area contributed by atoms with Gasteiger partial charge in [0, 0.05) is 11.5 Å². The van der Waals surface area contributed by atoms with E-state index in [2.05, 4.69) is 10.0 Å². The third kappa shape index (κ3) is 3.78. The van der Waals surface area contributed by atoms with Gasteiger partial charge in [-0.05, 0) is 29.6 Å². The molecule has 0 aliphatic carbocycles. The van der Waals surface area contributed by atoms with Gasteiger partial charge in [0.05, 0.1) is 17.7 Å². The second kappa shape index (κ2) is 6.51. The molecule has 0 spiro atoms. The van der Waals surface area contributed by atoms with Crippen LogP contribution in [0.15, 0.2) is 29.4 Å². The Bertz CT molecular complexity index is 463. The van der Waals surface area contributed by atoms with Gasteiger partial charge in [-0.3, -0.25) is 0 Å². The van der Waals surface area contributed by atoms with Gasteiger partial charge in [0.25, 0.3) is 0 Å². The molecule has 0 aromatic heterocycles. The highest BCUT2D eigenvalue weighted by molar-refractivity contribution is 5.34. The Morgan fingerprint density at radius 3 is 2.88 bits per heavy atom. The molecule has 0 aliphatic heterocycles. The van der Waals surface area contributed by atoms with Crippen LogP contribution in [0.5, 0.6) is 0 Å². The van der Waals surface area contributed by atoms with Crippen LogP contribution in [0.3, 0.4) is 0 Å². The molecule has 0 amide bonds. The van der Waals surface area contributed by atoms with Crippen molar-refractivity contribution in [1.82, 2.24) is 0 Å². The summed E-state index contributed by atoms with van der Waals surface area (Å²) < 4.78 is 0. The summed E-state index contributed by atoms with van der Waals surface area (Å²) in [6.07, 6.45) is -1.94. The van der Waals surface area contributed by atoms with Crippen LogP contribution < -0.4 is 0 Å². The van der Waals surface area contributed by atoms with Gasteiger partial charge in [0.15, 0.2) is 0 Å². The van der Waals surface area contributed by atoms with Crippen molar-refractivity contribution in [3.8, 4) is 6.07 Å². The van der Waals surface area contributed by atoms with Crippen molar-refractivity contribution in [2.75, 3.05) is 6.54 Å². The summed E-state index contributed by atoms with van der Waals surface area (Å²) in [4.78, 5) is 2.56. The molecule has 88 valence electrons. The molecule has 2 atom stereocenters. The van der Waals surface area contributed by atoms with Crippen molar-refractivity contribution >= 4 is 0 Å². The molecular formula is C11H12N4O2. The highest BCUT2D eigenvalue weighted by atomic mass is 16.3. The number of hydrogen-bond donors (Lipinski definition) is 2. The van der Waals surface area contributed by atoms with Crippen LogP contribution in [-0.4, -0.2) is 22.9 Å². The van der Waals surface area contributed by atoms with Crippen LogP contribution in [0.25, 0.3) is 10.4 Å². The Morgan fingerprint density at radius 2 is 2.24 bits per heavy atom. The maximum atomic E-state index is 9.81. The summed E-state index contributed by atoms with van der Waals surface area (Å²) in [6, 6.07) is 8.35. The molecule has 17 heavy (non-hydrogen) atoms. The Morgan fingerprint density at radius 1 is 1.47 bits per heavy atom. The van der Waals surface area contributed by atoms with E-state index in [4.69, 9.17) is 10.8 Å². The van der Waals surface area contributed by atoms with Crippen molar-refractivity contribution in [1.29, 1.82) is 5.26 Å². The van der Waals surface area contributed by atoms with Gasteiger partial charge in [-0.15, -0.1) is 0 Å². The molecule has 1 rings (SSSR count). The molecule has 1 aromatic carbocycles. The Kier molecular flexibility index (Phi) is 4.98. The van der Waals surface area contributed by atoms with Gasteiger partial charge in [-0.25, -0.2) is 0 Å². The van der Waals surface area contributed by atoms with E-state index in [9.17, 15) is 10.2 Å². The molecule has 1 aromatic rings. The summed E-state index contributed by atoms with van der Waals surface area (Å²) in [7, 11) is 0. The monoisotopic (exact) mass is 232 g/mol. The topological polar surface area (TPSA) is 113 Å². The third-order valence-corrected chi connectivity index (χ3v) is 2.31. The molecule has 2 N–H and O–H groups in total. The number of aliphatic hydroxyl groups excluding tert-OH is 2. The minimum absolute atomic E-state index is 0.118. The van der Waals surface area contributed by atoms with Crippen LogP contribution in [0.4, 0.5) is 0 Å². The molecule has 2 unspecified atom stereocenters. The number of aliphatic hydroxyl groups is 2. The Labute approximate surface area is 98.4 Å². The standard InChI is InChI=1S/C11H12N4O2/c12-7-8-2-1-3-9(6-8)11(17)10(16)4-5-14-15-13/h1-3,6,10-11,16-17H,4-5H2. The molecule has 6 heteroatoms. The number of nitriles is 1. The zero-order valence-electron chi connectivity index (χ0n) is 9.06. The van der Waals surface area contributed by atoms with Gasteiger partial charge >= 0.3 is 0 Å². The van der Waals surface area contributed by atoms with E-state index in [-0.39, 0.29) is 13.0 Å². The first-order valence-corrected chi connectivity index (χ1v) is 5.06. The van der Waals surface area contributed by atoms with Gasteiger partial charge < -0.3 is 10.2 Å². The average molecular weight is 232 g/mol. The summed E-state index contributed by atoms with van der Waals surface area (Å²) in [5, 5.41) is 31.4. The molecule has 0 saturated heterocycles. The van der Waals surface area contributed by atoms with E-state index in [1.807, 2.05) is 6.07 Å². The van der Waals surface area contributed by atoms with Crippen molar-refractivity contribution in [3.63, 3.8) is 0 Å². The second-order valence-electron chi connectivity index (χ2n) is 3.49. The van der Waals surface area contributed by atoms with Crippen molar-refractivity contribution < 1.29 is 10.2 Å². The number of benzene rings is 1. The normalized spacial score (nSPS) is 13.2. The number of rotatable bonds is 5. The van der Waals surface area contributed by atoms with E-state index in [0.29, 0.717) is 11.1 Å². The molecule has 0 radical (unpaired) electrons. The second-order valence-corrected chi connectivity index (χ2v) is 3.49. The lowest BCUT2D eigenvalue weighted by Crippen LogP contribution is -2.19. The van der Waals surface area contributed by atoms with E-state index in [1.165, 1.54) is 6.07 Å². The van der Waals surface area contributed by atoms with Gasteiger partial charge in [-0.2, -0.15) is 5.26 Å². The fraction of sp³-hybridized carbons (Fsp3) is 0.364. The average Bonchev–Trinajstić information content (AvgIpc) is 2.38. The summed E-state index contributed by atoms with van der Waals surface area (Å²) >= 11 is 0. The smallest absolute Gasteiger partial charge is 0.105 e. The zero-order valence-corrected chi connectivity index (χ0v) is 9.06. The van der Waals surface area contributed by atoms with Gasteiger partial charge in [-0.1, -0.05) is 17.2 Å². The molecule has 0 aliphatic rings. The summed E-state index contributed by atoms with van der Waals surface area (Å²) in [5.41, 5.74) is 8.97. The molecule has 0 fully saturated rings. The third-order valence-electron chi connectivity index (χ3n) is 2.31. The van der Waals surface area contributed by atoms with Crippen molar-refractivity contribution in [2.45, 2.75) is 18.6 Å². The van der Waals surface area contributed by atoms with Crippen LogP contribution in [0.2, 0.25) is 0 Å². The van der Waals surface area contributed by atoms with Crippen LogP contribution in [-0.2, 0) is 0 Å². The van der Waals surface area contributed by atoms with Gasteiger partial charge in [0.1, 0.15) is 6.10 Å². The lowest BCUT2D eigenvalue weighted by Gasteiger charge is -2.17.